The molecule has 84 valence electrons. The monoisotopic (exact) mass is 217 g/mol. The number of aromatic amines is 1. The summed E-state index contributed by atoms with van der Waals surface area (Å²) in [5, 5.41) is 3.36. The summed E-state index contributed by atoms with van der Waals surface area (Å²) in [6.45, 7) is 2.20. The van der Waals surface area contributed by atoms with Crippen molar-refractivity contribution in [3.63, 3.8) is 0 Å². The van der Waals surface area contributed by atoms with Crippen molar-refractivity contribution in [3.8, 4) is 0 Å². The summed E-state index contributed by atoms with van der Waals surface area (Å²) in [7, 11) is 0. The van der Waals surface area contributed by atoms with Crippen LogP contribution in [0, 0.1) is 5.92 Å². The van der Waals surface area contributed by atoms with Crippen LogP contribution >= 0.6 is 0 Å². The van der Waals surface area contributed by atoms with E-state index in [4.69, 9.17) is 0 Å². The van der Waals surface area contributed by atoms with Crippen LogP contribution in [0.2, 0.25) is 0 Å². The highest BCUT2D eigenvalue weighted by molar-refractivity contribution is 5.39. The molecule has 2 aromatic rings. The molecule has 0 aliphatic carbocycles. The Morgan fingerprint density at radius 2 is 2.38 bits per heavy atom. The number of imidazole rings is 1. The molecule has 1 aliphatic rings. The van der Waals surface area contributed by atoms with Crippen molar-refractivity contribution in [2.24, 2.45) is 5.92 Å². The fourth-order valence-electron chi connectivity index (χ4n) is 2.39. The van der Waals surface area contributed by atoms with E-state index in [1.54, 1.807) is 16.5 Å². The number of hydrogen-bond acceptors (Lipinski definition) is 2. The quantitative estimate of drug-likeness (QED) is 0.781. The van der Waals surface area contributed by atoms with E-state index in [1.807, 2.05) is 12.3 Å². The summed E-state index contributed by atoms with van der Waals surface area (Å²) >= 11 is 0. The molecule has 0 saturated carbocycles. The van der Waals surface area contributed by atoms with Gasteiger partial charge in [-0.15, -0.1) is 0 Å². The fraction of sp³-hybridized carbons (Fsp3) is 0.417. The van der Waals surface area contributed by atoms with Crippen molar-refractivity contribution in [1.82, 2.24) is 14.7 Å². The lowest BCUT2D eigenvalue weighted by Gasteiger charge is -2.04. The maximum Gasteiger partial charge on any atom is 0.256 e. The van der Waals surface area contributed by atoms with Crippen molar-refractivity contribution in [3.05, 3.63) is 40.4 Å². The van der Waals surface area contributed by atoms with E-state index in [9.17, 15) is 4.79 Å². The molecule has 0 radical (unpaired) electrons. The molecule has 16 heavy (non-hydrogen) atoms. The van der Waals surface area contributed by atoms with Crippen LogP contribution in [0.3, 0.4) is 0 Å². The lowest BCUT2D eigenvalue weighted by molar-refractivity contribution is 0.573. The van der Waals surface area contributed by atoms with Crippen molar-refractivity contribution >= 4 is 5.65 Å². The number of rotatable bonds is 2. The third-order valence-electron chi connectivity index (χ3n) is 3.23. The number of nitrogens with one attached hydrogen (secondary N) is 2. The molecule has 1 aliphatic heterocycles. The van der Waals surface area contributed by atoms with Crippen molar-refractivity contribution in [2.75, 3.05) is 13.1 Å². The zero-order chi connectivity index (χ0) is 11.0. The average molecular weight is 217 g/mol. The summed E-state index contributed by atoms with van der Waals surface area (Å²) in [6, 6.07) is 5.30. The van der Waals surface area contributed by atoms with Crippen LogP contribution in [0.15, 0.2) is 29.2 Å². The van der Waals surface area contributed by atoms with Crippen molar-refractivity contribution in [2.45, 2.75) is 12.8 Å². The SMILES string of the molecule is O=c1cccc2[nH]c(CC3CCNC3)cn12. The predicted molar refractivity (Wildman–Crippen MR) is 62.7 cm³/mol. The molecule has 1 atom stereocenters. The second-order valence-corrected chi connectivity index (χ2v) is 4.46. The summed E-state index contributed by atoms with van der Waals surface area (Å²) in [5.41, 5.74) is 2.06. The van der Waals surface area contributed by atoms with Crippen LogP contribution in [-0.2, 0) is 6.42 Å². The number of fused-ring (bicyclic) bond motifs is 1. The van der Waals surface area contributed by atoms with Crippen LogP contribution in [-0.4, -0.2) is 22.5 Å². The molecule has 2 N–H and O–H groups in total. The van der Waals surface area contributed by atoms with E-state index in [-0.39, 0.29) is 5.56 Å². The molecular weight excluding hydrogens is 202 g/mol. The summed E-state index contributed by atoms with van der Waals surface area (Å²) < 4.78 is 1.68. The molecule has 0 amide bonds. The first-order chi connectivity index (χ1) is 7.83. The van der Waals surface area contributed by atoms with Gasteiger partial charge in [0.25, 0.3) is 5.56 Å². The lowest BCUT2D eigenvalue weighted by atomic mass is 10.0. The minimum Gasteiger partial charge on any atom is -0.343 e. The smallest absolute Gasteiger partial charge is 0.256 e. The predicted octanol–water partition coefficient (Wildman–Crippen LogP) is 0.780. The van der Waals surface area contributed by atoms with Crippen LogP contribution < -0.4 is 10.9 Å². The maximum atomic E-state index is 11.6. The van der Waals surface area contributed by atoms with E-state index in [2.05, 4.69) is 10.3 Å². The molecule has 1 saturated heterocycles. The minimum atomic E-state index is 0.0320. The molecule has 0 bridgehead atoms. The first kappa shape index (κ1) is 9.66. The molecule has 4 heteroatoms. The fourth-order valence-corrected chi connectivity index (χ4v) is 2.39. The molecule has 3 heterocycles. The van der Waals surface area contributed by atoms with Gasteiger partial charge >= 0.3 is 0 Å². The van der Waals surface area contributed by atoms with Crippen molar-refractivity contribution < 1.29 is 0 Å². The third kappa shape index (κ3) is 1.65. The summed E-state index contributed by atoms with van der Waals surface area (Å²) in [5.74, 6) is 0.698. The first-order valence-corrected chi connectivity index (χ1v) is 5.73. The second-order valence-electron chi connectivity index (χ2n) is 4.46. The lowest BCUT2D eigenvalue weighted by Crippen LogP contribution is -2.11. The van der Waals surface area contributed by atoms with Gasteiger partial charge in [0.1, 0.15) is 5.65 Å². The van der Waals surface area contributed by atoms with Crippen LogP contribution in [0.4, 0.5) is 0 Å². The standard InChI is InChI=1S/C12H15N3O/c16-12-3-1-2-11-14-10(8-15(11)12)6-9-4-5-13-7-9/h1-3,8-9,13-14H,4-7H2. The Kier molecular flexibility index (Phi) is 2.29. The molecular formula is C12H15N3O. The van der Waals surface area contributed by atoms with Gasteiger partial charge in [-0.3, -0.25) is 9.20 Å². The van der Waals surface area contributed by atoms with Gasteiger partial charge in [0, 0.05) is 18.0 Å². The molecule has 2 aromatic heterocycles. The largest absolute Gasteiger partial charge is 0.343 e. The first-order valence-electron chi connectivity index (χ1n) is 5.73. The van der Waals surface area contributed by atoms with E-state index < -0.39 is 0 Å². The third-order valence-corrected chi connectivity index (χ3v) is 3.23. The van der Waals surface area contributed by atoms with Gasteiger partial charge in [-0.2, -0.15) is 0 Å². The summed E-state index contributed by atoms with van der Waals surface area (Å²) in [6.07, 6.45) is 4.17. The van der Waals surface area contributed by atoms with Gasteiger partial charge in [0.2, 0.25) is 0 Å². The zero-order valence-electron chi connectivity index (χ0n) is 9.07. The number of nitrogens with zero attached hydrogens (tertiary/aromatic N) is 1. The normalized spacial score (nSPS) is 20.6. The maximum absolute atomic E-state index is 11.6. The molecule has 4 nitrogen and oxygen atoms in total. The highest BCUT2D eigenvalue weighted by Crippen LogP contribution is 2.14. The Morgan fingerprint density at radius 1 is 1.44 bits per heavy atom. The minimum absolute atomic E-state index is 0.0320. The number of hydrogen-bond donors (Lipinski definition) is 2. The van der Waals surface area contributed by atoms with E-state index in [0.717, 1.165) is 30.9 Å². The van der Waals surface area contributed by atoms with Gasteiger partial charge in [-0.05, 0) is 37.9 Å². The van der Waals surface area contributed by atoms with E-state index in [0.29, 0.717) is 5.92 Å². The zero-order valence-corrected chi connectivity index (χ0v) is 9.07. The Labute approximate surface area is 93.3 Å². The van der Waals surface area contributed by atoms with E-state index in [1.165, 1.54) is 6.42 Å². The van der Waals surface area contributed by atoms with Gasteiger partial charge in [-0.1, -0.05) is 6.07 Å². The average Bonchev–Trinajstić information content (AvgIpc) is 2.88. The molecule has 3 rings (SSSR count). The Bertz CT molecular complexity index is 549. The Balaban J connectivity index is 1.93. The second kappa shape index (κ2) is 3.79. The topological polar surface area (TPSA) is 49.3 Å². The number of aromatic nitrogens is 2. The Morgan fingerprint density at radius 3 is 3.12 bits per heavy atom. The number of pyridine rings is 1. The summed E-state index contributed by atoms with van der Waals surface area (Å²) in [4.78, 5) is 14.9. The molecule has 0 aromatic carbocycles. The van der Waals surface area contributed by atoms with Gasteiger partial charge < -0.3 is 10.3 Å². The van der Waals surface area contributed by atoms with Crippen LogP contribution in [0.25, 0.3) is 5.65 Å². The highest BCUT2D eigenvalue weighted by Gasteiger charge is 2.15. The number of H-pyrrole nitrogens is 1. The van der Waals surface area contributed by atoms with Crippen LogP contribution in [0.1, 0.15) is 12.1 Å². The highest BCUT2D eigenvalue weighted by atomic mass is 16.1. The Hall–Kier alpha value is -1.55. The molecule has 1 unspecified atom stereocenters. The van der Waals surface area contributed by atoms with Crippen molar-refractivity contribution in [1.29, 1.82) is 0 Å². The van der Waals surface area contributed by atoms with Crippen LogP contribution in [0.5, 0.6) is 0 Å². The molecule has 0 spiro atoms. The molecule has 1 fully saturated rings. The van der Waals surface area contributed by atoms with Gasteiger partial charge in [0.05, 0.1) is 0 Å². The van der Waals surface area contributed by atoms with E-state index >= 15 is 0 Å². The van der Waals surface area contributed by atoms with Gasteiger partial charge in [0.15, 0.2) is 0 Å². The van der Waals surface area contributed by atoms with Gasteiger partial charge in [-0.25, -0.2) is 0 Å².